The van der Waals surface area contributed by atoms with Crippen LogP contribution < -0.4 is 4.74 Å². The number of aliphatic hydroxyl groups excluding tert-OH is 1. The second-order valence-corrected chi connectivity index (χ2v) is 7.07. The van der Waals surface area contributed by atoms with Crippen LogP contribution in [0.5, 0.6) is 5.75 Å². The fourth-order valence-corrected chi connectivity index (χ4v) is 3.39. The molecule has 2 heterocycles. The number of rotatable bonds is 6. The summed E-state index contributed by atoms with van der Waals surface area (Å²) in [6.45, 7) is 0.863. The van der Waals surface area contributed by atoms with Crippen LogP contribution in [0.25, 0.3) is 5.76 Å². The van der Waals surface area contributed by atoms with Gasteiger partial charge in [0, 0.05) is 18.7 Å². The lowest BCUT2D eigenvalue weighted by molar-refractivity contribution is -0.140. The number of likely N-dealkylation sites (tertiary alicyclic amines) is 1. The van der Waals surface area contributed by atoms with Crippen LogP contribution in [0.15, 0.2) is 46.6 Å². The first kappa shape index (κ1) is 20.0. The molecular formula is C20H21ClN2O5. The third-order valence-electron chi connectivity index (χ3n) is 4.57. The summed E-state index contributed by atoms with van der Waals surface area (Å²) in [5, 5.41) is 11.2. The van der Waals surface area contributed by atoms with E-state index in [-0.39, 0.29) is 16.4 Å². The Morgan fingerprint density at radius 2 is 2.07 bits per heavy atom. The molecular weight excluding hydrogens is 384 g/mol. The third-order valence-corrected chi connectivity index (χ3v) is 4.86. The van der Waals surface area contributed by atoms with Gasteiger partial charge in [0.2, 0.25) is 0 Å². The lowest BCUT2D eigenvalue weighted by atomic mass is 9.99. The number of carbonyl (C=O) groups excluding carboxylic acids is 2. The first-order chi connectivity index (χ1) is 13.3. The number of halogens is 1. The number of aliphatic hydroxyl groups is 1. The number of furan rings is 1. The molecule has 1 N–H and O–H groups in total. The van der Waals surface area contributed by atoms with Gasteiger partial charge in [0.1, 0.15) is 23.3 Å². The van der Waals surface area contributed by atoms with Crippen molar-refractivity contribution in [3.05, 3.63) is 58.5 Å². The Morgan fingerprint density at radius 3 is 2.64 bits per heavy atom. The molecule has 1 aromatic carbocycles. The Morgan fingerprint density at radius 1 is 1.32 bits per heavy atom. The smallest absolute Gasteiger partial charge is 0.295 e. The van der Waals surface area contributed by atoms with Gasteiger partial charge in [0.25, 0.3) is 11.7 Å². The lowest BCUT2D eigenvalue weighted by Crippen LogP contribution is -2.35. The quantitative estimate of drug-likeness (QED) is 0.453. The molecule has 0 spiro atoms. The molecule has 1 amide bonds. The van der Waals surface area contributed by atoms with Crippen molar-refractivity contribution in [1.29, 1.82) is 0 Å². The SMILES string of the molecule is COc1ccc(C(O)=C2C(=O)C(=O)N(CCN(C)C)C2c2ccco2)cc1Cl. The van der Waals surface area contributed by atoms with E-state index in [1.54, 1.807) is 24.3 Å². The molecule has 1 aromatic heterocycles. The van der Waals surface area contributed by atoms with Crippen molar-refractivity contribution < 1.29 is 23.8 Å². The Hall–Kier alpha value is -2.77. The largest absolute Gasteiger partial charge is 0.507 e. The van der Waals surface area contributed by atoms with Gasteiger partial charge in [-0.05, 0) is 44.4 Å². The minimum atomic E-state index is -0.809. The maximum absolute atomic E-state index is 12.8. The second-order valence-electron chi connectivity index (χ2n) is 6.66. The van der Waals surface area contributed by atoms with E-state index in [1.807, 2.05) is 19.0 Å². The van der Waals surface area contributed by atoms with Gasteiger partial charge in [-0.3, -0.25) is 9.59 Å². The summed E-state index contributed by atoms with van der Waals surface area (Å²) in [7, 11) is 5.23. The number of Topliss-reactive ketones (excluding diaryl/α,β-unsaturated/α-hetero) is 1. The predicted molar refractivity (Wildman–Crippen MR) is 104 cm³/mol. The number of methoxy groups -OCH3 is 1. The van der Waals surface area contributed by atoms with Crippen LogP contribution in [0.4, 0.5) is 0 Å². The van der Waals surface area contributed by atoms with Crippen molar-refractivity contribution in [2.75, 3.05) is 34.3 Å². The zero-order valence-electron chi connectivity index (χ0n) is 15.8. The van der Waals surface area contributed by atoms with Gasteiger partial charge in [-0.2, -0.15) is 0 Å². The highest BCUT2D eigenvalue weighted by Gasteiger charge is 2.47. The highest BCUT2D eigenvalue weighted by atomic mass is 35.5. The van der Waals surface area contributed by atoms with Crippen molar-refractivity contribution in [2.45, 2.75) is 6.04 Å². The second kappa shape index (κ2) is 8.08. The van der Waals surface area contributed by atoms with E-state index in [2.05, 4.69) is 0 Å². The number of ether oxygens (including phenoxy) is 1. The summed E-state index contributed by atoms with van der Waals surface area (Å²) < 4.78 is 10.6. The van der Waals surface area contributed by atoms with E-state index in [0.29, 0.717) is 30.2 Å². The molecule has 0 bridgehead atoms. The van der Waals surface area contributed by atoms with Crippen molar-refractivity contribution >= 4 is 29.1 Å². The number of likely N-dealkylation sites (N-methyl/N-ethyl adjacent to an activating group) is 1. The van der Waals surface area contributed by atoms with Crippen LogP contribution in [-0.2, 0) is 9.59 Å². The fraction of sp³-hybridized carbons (Fsp3) is 0.300. The summed E-state index contributed by atoms with van der Waals surface area (Å²) in [5.74, 6) is -0.906. The average molecular weight is 405 g/mol. The Balaban J connectivity index is 2.10. The maximum atomic E-state index is 12.8. The van der Waals surface area contributed by atoms with Crippen molar-refractivity contribution in [3.63, 3.8) is 0 Å². The number of amides is 1. The molecule has 148 valence electrons. The number of hydrogen-bond donors (Lipinski definition) is 1. The first-order valence-electron chi connectivity index (χ1n) is 8.65. The monoisotopic (exact) mass is 404 g/mol. The van der Waals surface area contributed by atoms with Gasteiger partial charge in [0.05, 0.1) is 24.0 Å². The van der Waals surface area contributed by atoms with Gasteiger partial charge in [-0.15, -0.1) is 0 Å². The van der Waals surface area contributed by atoms with Crippen LogP contribution in [0.2, 0.25) is 5.02 Å². The topological polar surface area (TPSA) is 83.2 Å². The third kappa shape index (κ3) is 3.63. The van der Waals surface area contributed by atoms with E-state index in [1.165, 1.54) is 24.3 Å². The van der Waals surface area contributed by atoms with Crippen LogP contribution in [0, 0.1) is 0 Å². The average Bonchev–Trinajstić information content (AvgIpc) is 3.27. The molecule has 0 saturated carbocycles. The van der Waals surface area contributed by atoms with E-state index in [0.717, 1.165) is 0 Å². The van der Waals surface area contributed by atoms with Crippen molar-refractivity contribution in [3.8, 4) is 5.75 Å². The fourth-order valence-electron chi connectivity index (χ4n) is 3.13. The minimum Gasteiger partial charge on any atom is -0.507 e. The zero-order valence-corrected chi connectivity index (χ0v) is 16.6. The van der Waals surface area contributed by atoms with Crippen molar-refractivity contribution in [1.82, 2.24) is 9.80 Å². The van der Waals surface area contributed by atoms with E-state index in [4.69, 9.17) is 20.8 Å². The number of nitrogens with zero attached hydrogens (tertiary/aromatic N) is 2. The summed E-state index contributed by atoms with van der Waals surface area (Å²) in [6.07, 6.45) is 1.46. The molecule has 1 aliphatic rings. The molecule has 1 aliphatic heterocycles. The summed E-state index contributed by atoms with van der Waals surface area (Å²) in [6, 6.07) is 7.19. The van der Waals surface area contributed by atoms with Gasteiger partial charge in [0.15, 0.2) is 0 Å². The standard InChI is InChI=1S/C20H21ClN2O5/c1-22(2)8-9-23-17(15-5-4-10-28-15)16(19(25)20(23)26)18(24)12-6-7-14(27-3)13(21)11-12/h4-7,10-11,17,24H,8-9H2,1-3H3. The number of carbonyl (C=O) groups is 2. The zero-order chi connectivity index (χ0) is 20.4. The van der Waals surface area contributed by atoms with Crippen LogP contribution >= 0.6 is 11.6 Å². The lowest BCUT2D eigenvalue weighted by Gasteiger charge is -2.24. The molecule has 0 aliphatic carbocycles. The molecule has 7 nitrogen and oxygen atoms in total. The maximum Gasteiger partial charge on any atom is 0.295 e. The molecule has 1 unspecified atom stereocenters. The highest BCUT2D eigenvalue weighted by Crippen LogP contribution is 2.40. The molecule has 1 saturated heterocycles. The summed E-state index contributed by atoms with van der Waals surface area (Å²) >= 11 is 6.15. The number of benzene rings is 1. The predicted octanol–water partition coefficient (Wildman–Crippen LogP) is 2.92. The van der Waals surface area contributed by atoms with Gasteiger partial charge < -0.3 is 24.1 Å². The number of ketones is 1. The van der Waals surface area contributed by atoms with Gasteiger partial charge >= 0.3 is 0 Å². The highest BCUT2D eigenvalue weighted by molar-refractivity contribution is 6.46. The normalized spacial score (nSPS) is 18.9. The first-order valence-corrected chi connectivity index (χ1v) is 9.03. The molecule has 28 heavy (non-hydrogen) atoms. The number of hydrogen-bond acceptors (Lipinski definition) is 6. The molecule has 8 heteroatoms. The summed E-state index contributed by atoms with van der Waals surface area (Å²) in [4.78, 5) is 28.7. The van der Waals surface area contributed by atoms with Crippen molar-refractivity contribution in [2.24, 2.45) is 0 Å². The Labute approximate surface area is 167 Å². The molecule has 1 atom stereocenters. The Bertz CT molecular complexity index is 921. The molecule has 0 radical (unpaired) electrons. The summed E-state index contributed by atoms with van der Waals surface area (Å²) in [5.41, 5.74) is 0.285. The Kier molecular flexibility index (Phi) is 5.76. The molecule has 3 rings (SSSR count). The van der Waals surface area contributed by atoms with E-state index >= 15 is 0 Å². The van der Waals surface area contributed by atoms with E-state index < -0.39 is 17.7 Å². The van der Waals surface area contributed by atoms with E-state index in [9.17, 15) is 14.7 Å². The minimum absolute atomic E-state index is 0.0278. The van der Waals surface area contributed by atoms with Gasteiger partial charge in [-0.1, -0.05) is 11.6 Å². The molecule has 1 fully saturated rings. The van der Waals surface area contributed by atoms with Gasteiger partial charge in [-0.25, -0.2) is 0 Å². The van der Waals surface area contributed by atoms with Crippen LogP contribution in [0.1, 0.15) is 17.4 Å². The van der Waals surface area contributed by atoms with Crippen LogP contribution in [0.3, 0.4) is 0 Å². The van der Waals surface area contributed by atoms with Crippen LogP contribution in [-0.4, -0.2) is 60.9 Å². The molecule has 2 aromatic rings.